The molecule has 0 saturated carbocycles. The van der Waals surface area contributed by atoms with Crippen LogP contribution in [0.25, 0.3) is 0 Å². The molecule has 0 spiro atoms. The van der Waals surface area contributed by atoms with Crippen LogP contribution < -0.4 is 10.6 Å². The van der Waals surface area contributed by atoms with Gasteiger partial charge in [0.2, 0.25) is 11.8 Å². The predicted molar refractivity (Wildman–Crippen MR) is 115 cm³/mol. The van der Waals surface area contributed by atoms with Crippen LogP contribution in [0.5, 0.6) is 0 Å². The molecule has 3 N–H and O–H groups in total. The molecule has 0 heterocycles. The Hall–Kier alpha value is -2.39. The molecular formula is C20H20BrFN2O4S. The molecular weight excluding hydrogens is 463 g/mol. The van der Waals surface area contributed by atoms with Gasteiger partial charge >= 0.3 is 5.97 Å². The molecule has 0 aliphatic rings. The molecule has 154 valence electrons. The monoisotopic (exact) mass is 482 g/mol. The third-order valence-corrected chi connectivity index (χ3v) is 5.67. The minimum absolute atomic E-state index is 0.108. The van der Waals surface area contributed by atoms with Crippen molar-refractivity contribution in [3.63, 3.8) is 0 Å². The Morgan fingerprint density at radius 1 is 1.14 bits per heavy atom. The van der Waals surface area contributed by atoms with Crippen molar-refractivity contribution in [2.45, 2.75) is 36.3 Å². The van der Waals surface area contributed by atoms with Crippen molar-refractivity contribution in [3.05, 3.63) is 52.8 Å². The smallest absolute Gasteiger partial charge is 0.303 e. The Labute approximate surface area is 180 Å². The van der Waals surface area contributed by atoms with Gasteiger partial charge in [-0.05, 0) is 42.8 Å². The number of benzene rings is 2. The summed E-state index contributed by atoms with van der Waals surface area (Å²) in [4.78, 5) is 35.7. The second-order valence-corrected chi connectivity index (χ2v) is 8.29. The van der Waals surface area contributed by atoms with E-state index in [-0.39, 0.29) is 24.4 Å². The Balaban J connectivity index is 2.01. The van der Waals surface area contributed by atoms with E-state index in [1.807, 2.05) is 6.92 Å². The zero-order chi connectivity index (χ0) is 21.4. The fourth-order valence-electron chi connectivity index (χ4n) is 2.38. The molecule has 29 heavy (non-hydrogen) atoms. The summed E-state index contributed by atoms with van der Waals surface area (Å²) in [5, 5.41) is 13.4. The number of hydrogen-bond acceptors (Lipinski definition) is 4. The van der Waals surface area contributed by atoms with Crippen LogP contribution >= 0.6 is 27.7 Å². The highest BCUT2D eigenvalue weighted by Crippen LogP contribution is 2.29. The second-order valence-electron chi connectivity index (χ2n) is 6.10. The van der Waals surface area contributed by atoms with Gasteiger partial charge in [0.05, 0.1) is 17.4 Å². The molecule has 9 heteroatoms. The van der Waals surface area contributed by atoms with Crippen LogP contribution in [0.15, 0.2) is 51.8 Å². The van der Waals surface area contributed by atoms with Crippen molar-refractivity contribution >= 4 is 56.9 Å². The summed E-state index contributed by atoms with van der Waals surface area (Å²) in [6.07, 6.45) is 0.153. The van der Waals surface area contributed by atoms with Gasteiger partial charge in [-0.3, -0.25) is 14.4 Å². The van der Waals surface area contributed by atoms with E-state index in [0.717, 1.165) is 4.90 Å². The number of rotatable bonds is 9. The van der Waals surface area contributed by atoms with Gasteiger partial charge in [0, 0.05) is 21.5 Å². The summed E-state index contributed by atoms with van der Waals surface area (Å²) < 4.78 is 14.5. The SMILES string of the molecule is CCC(Sc1cccc(NC(=O)CCC(=O)O)c1)C(=O)Nc1ccc(Br)cc1F. The molecule has 0 saturated heterocycles. The molecule has 0 radical (unpaired) electrons. The van der Waals surface area contributed by atoms with Crippen LogP contribution in [0.2, 0.25) is 0 Å². The van der Waals surface area contributed by atoms with Gasteiger partial charge in [0.25, 0.3) is 0 Å². The number of carbonyl (C=O) groups excluding carboxylic acids is 2. The number of anilines is 2. The number of carboxylic acids is 1. The van der Waals surface area contributed by atoms with Crippen LogP contribution in [0.1, 0.15) is 26.2 Å². The molecule has 1 atom stereocenters. The highest BCUT2D eigenvalue weighted by Gasteiger charge is 2.19. The molecule has 0 aliphatic carbocycles. The summed E-state index contributed by atoms with van der Waals surface area (Å²) in [5.41, 5.74) is 0.622. The maximum Gasteiger partial charge on any atom is 0.303 e. The molecule has 0 aliphatic heterocycles. The summed E-state index contributed by atoms with van der Waals surface area (Å²) in [7, 11) is 0. The van der Waals surface area contributed by atoms with Gasteiger partial charge in [0.1, 0.15) is 5.82 Å². The summed E-state index contributed by atoms with van der Waals surface area (Å²) in [5.74, 6) is -2.29. The third-order valence-electron chi connectivity index (χ3n) is 3.81. The Morgan fingerprint density at radius 2 is 1.90 bits per heavy atom. The lowest BCUT2D eigenvalue weighted by atomic mass is 10.2. The van der Waals surface area contributed by atoms with Crippen LogP contribution in [-0.2, 0) is 14.4 Å². The Morgan fingerprint density at radius 3 is 2.55 bits per heavy atom. The quantitative estimate of drug-likeness (QED) is 0.441. The van der Waals surface area contributed by atoms with E-state index in [0.29, 0.717) is 16.6 Å². The van der Waals surface area contributed by atoms with Gasteiger partial charge in [-0.2, -0.15) is 0 Å². The van der Waals surface area contributed by atoms with Crippen LogP contribution in [0, 0.1) is 5.82 Å². The summed E-state index contributed by atoms with van der Waals surface area (Å²) in [6, 6.07) is 11.3. The van der Waals surface area contributed by atoms with E-state index in [1.54, 1.807) is 30.3 Å². The molecule has 2 rings (SSSR count). The Bertz CT molecular complexity index is 910. The zero-order valence-electron chi connectivity index (χ0n) is 15.6. The number of nitrogens with one attached hydrogen (secondary N) is 2. The number of thioether (sulfide) groups is 1. The van der Waals surface area contributed by atoms with E-state index in [4.69, 9.17) is 5.11 Å². The first-order chi connectivity index (χ1) is 13.8. The van der Waals surface area contributed by atoms with Crippen molar-refractivity contribution in [1.82, 2.24) is 0 Å². The highest BCUT2D eigenvalue weighted by atomic mass is 79.9. The fraction of sp³-hybridized carbons (Fsp3) is 0.250. The first-order valence-electron chi connectivity index (χ1n) is 8.82. The van der Waals surface area contributed by atoms with Crippen molar-refractivity contribution in [3.8, 4) is 0 Å². The largest absolute Gasteiger partial charge is 0.481 e. The maximum absolute atomic E-state index is 14.0. The lowest BCUT2D eigenvalue weighted by molar-refractivity contribution is -0.138. The van der Waals surface area contributed by atoms with Gasteiger partial charge in [-0.1, -0.05) is 28.9 Å². The van der Waals surface area contributed by atoms with Crippen LogP contribution in [0.4, 0.5) is 15.8 Å². The second kappa shape index (κ2) is 11.0. The minimum Gasteiger partial charge on any atom is -0.481 e. The first kappa shape index (κ1) is 22.9. The zero-order valence-corrected chi connectivity index (χ0v) is 18.0. The minimum atomic E-state index is -1.04. The lowest BCUT2D eigenvalue weighted by Gasteiger charge is -2.16. The van der Waals surface area contributed by atoms with Crippen LogP contribution in [-0.4, -0.2) is 28.1 Å². The number of carboxylic acid groups (broad SMARTS) is 1. The molecule has 6 nitrogen and oxygen atoms in total. The van der Waals surface area contributed by atoms with E-state index >= 15 is 0 Å². The number of aliphatic carboxylic acids is 1. The standard InChI is InChI=1S/C20H20BrFN2O4S/c1-2-17(20(28)24-16-7-6-12(21)10-15(16)22)29-14-5-3-4-13(11-14)23-18(25)8-9-19(26)27/h3-7,10-11,17H,2,8-9H2,1H3,(H,23,25)(H,24,28)(H,26,27). The highest BCUT2D eigenvalue weighted by molar-refractivity contribution is 9.10. The Kier molecular flexibility index (Phi) is 8.66. The van der Waals surface area contributed by atoms with Gasteiger partial charge < -0.3 is 15.7 Å². The number of hydrogen-bond donors (Lipinski definition) is 3. The van der Waals surface area contributed by atoms with Gasteiger partial charge in [-0.15, -0.1) is 11.8 Å². The van der Waals surface area contributed by atoms with E-state index in [9.17, 15) is 18.8 Å². The molecule has 0 bridgehead atoms. The summed E-state index contributed by atoms with van der Waals surface area (Å²) >= 11 is 4.47. The average Bonchev–Trinajstić information content (AvgIpc) is 2.67. The van der Waals surface area contributed by atoms with Gasteiger partial charge in [-0.25, -0.2) is 4.39 Å². The maximum atomic E-state index is 14.0. The van der Waals surface area contributed by atoms with E-state index < -0.39 is 22.9 Å². The van der Waals surface area contributed by atoms with Crippen LogP contribution in [0.3, 0.4) is 0 Å². The topological polar surface area (TPSA) is 95.5 Å². The van der Waals surface area contributed by atoms with Crippen molar-refractivity contribution < 1.29 is 23.9 Å². The normalized spacial score (nSPS) is 11.6. The van der Waals surface area contributed by atoms with Crippen molar-refractivity contribution in [1.29, 1.82) is 0 Å². The average molecular weight is 483 g/mol. The predicted octanol–water partition coefficient (Wildman–Crippen LogP) is 4.90. The number of halogens is 2. The molecule has 2 amide bonds. The molecule has 2 aromatic rings. The van der Waals surface area contributed by atoms with Gasteiger partial charge in [0.15, 0.2) is 0 Å². The molecule has 0 fully saturated rings. The number of amides is 2. The molecule has 0 aromatic heterocycles. The summed E-state index contributed by atoms with van der Waals surface area (Å²) in [6.45, 7) is 1.85. The first-order valence-corrected chi connectivity index (χ1v) is 10.5. The third kappa shape index (κ3) is 7.51. The van der Waals surface area contributed by atoms with E-state index in [1.165, 1.54) is 23.9 Å². The fourth-order valence-corrected chi connectivity index (χ4v) is 3.73. The van der Waals surface area contributed by atoms with Crippen molar-refractivity contribution in [2.24, 2.45) is 0 Å². The molecule has 1 unspecified atom stereocenters. The van der Waals surface area contributed by atoms with Crippen molar-refractivity contribution in [2.75, 3.05) is 10.6 Å². The number of carbonyl (C=O) groups is 3. The lowest BCUT2D eigenvalue weighted by Crippen LogP contribution is -2.25. The molecule has 2 aromatic carbocycles. The van der Waals surface area contributed by atoms with E-state index in [2.05, 4.69) is 26.6 Å².